The third kappa shape index (κ3) is 5.25. The molecule has 1 aliphatic rings. The van der Waals surface area contributed by atoms with E-state index in [-0.39, 0.29) is 17.9 Å². The fourth-order valence-corrected chi connectivity index (χ4v) is 2.76. The maximum atomic E-state index is 12.1. The van der Waals surface area contributed by atoms with Gasteiger partial charge in [0.15, 0.2) is 11.5 Å². The number of carbonyl (C=O) groups excluding carboxylic acids is 3. The number of furan rings is 1. The van der Waals surface area contributed by atoms with Gasteiger partial charge in [0.25, 0.3) is 5.79 Å². The molecular weight excluding hydrogens is 408 g/mol. The molecule has 0 unspecified atom stereocenters. The molecule has 1 aromatic heterocycles. The molecule has 9 nitrogen and oxygen atoms in total. The van der Waals surface area contributed by atoms with E-state index in [4.69, 9.17) is 23.4 Å². The maximum Gasteiger partial charge on any atom is 0.373 e. The van der Waals surface area contributed by atoms with Gasteiger partial charge < -0.3 is 28.1 Å². The van der Waals surface area contributed by atoms with Gasteiger partial charge in [-0.25, -0.2) is 14.4 Å². The van der Waals surface area contributed by atoms with E-state index in [2.05, 4.69) is 4.74 Å². The highest BCUT2D eigenvalue weighted by molar-refractivity contribution is 6.18. The fourth-order valence-electron chi connectivity index (χ4n) is 2.76. The molecule has 1 saturated heterocycles. The average molecular weight is 430 g/mol. The number of cyclic esters (lactones) is 2. The molecule has 31 heavy (non-hydrogen) atoms. The minimum Gasteiger partial charge on any atom is -0.490 e. The van der Waals surface area contributed by atoms with Gasteiger partial charge in [-0.3, -0.25) is 0 Å². The number of ether oxygens (including phenoxy) is 5. The zero-order valence-electron chi connectivity index (χ0n) is 17.6. The van der Waals surface area contributed by atoms with Gasteiger partial charge in [-0.1, -0.05) is 6.07 Å². The van der Waals surface area contributed by atoms with E-state index in [9.17, 15) is 14.4 Å². The number of esters is 3. The molecule has 0 N–H and O–H groups in total. The van der Waals surface area contributed by atoms with Crippen molar-refractivity contribution in [3.05, 3.63) is 53.0 Å². The maximum absolute atomic E-state index is 12.1. The Hall–Kier alpha value is -3.75. The molecule has 0 radical (unpaired) electrons. The molecular formula is C22H22O9. The number of methoxy groups -OCH3 is 1. The molecule has 0 saturated carbocycles. The van der Waals surface area contributed by atoms with Crippen molar-refractivity contribution in [3.8, 4) is 11.5 Å². The van der Waals surface area contributed by atoms with Crippen LogP contribution in [0.4, 0.5) is 0 Å². The van der Waals surface area contributed by atoms with Gasteiger partial charge in [-0.15, -0.1) is 0 Å². The van der Waals surface area contributed by atoms with Gasteiger partial charge >= 0.3 is 17.9 Å². The third-order valence-corrected chi connectivity index (χ3v) is 4.11. The minimum atomic E-state index is -1.31. The second-order valence-corrected chi connectivity index (χ2v) is 6.92. The van der Waals surface area contributed by atoms with Crippen molar-refractivity contribution in [3.63, 3.8) is 0 Å². The van der Waals surface area contributed by atoms with Crippen LogP contribution in [0.25, 0.3) is 6.08 Å². The van der Waals surface area contributed by atoms with Gasteiger partial charge in [-0.05, 0) is 42.8 Å². The lowest BCUT2D eigenvalue weighted by Gasteiger charge is -2.29. The first-order valence-electron chi connectivity index (χ1n) is 9.47. The predicted octanol–water partition coefficient (Wildman–Crippen LogP) is 3.26. The zero-order chi connectivity index (χ0) is 22.6. The Balaban J connectivity index is 1.78. The normalized spacial score (nSPS) is 15.0. The smallest absolute Gasteiger partial charge is 0.373 e. The van der Waals surface area contributed by atoms with E-state index >= 15 is 0 Å². The highest BCUT2D eigenvalue weighted by Crippen LogP contribution is 2.31. The lowest BCUT2D eigenvalue weighted by molar-refractivity contribution is -0.222. The van der Waals surface area contributed by atoms with Crippen LogP contribution in [-0.2, 0) is 30.4 Å². The first-order chi connectivity index (χ1) is 14.7. The third-order valence-electron chi connectivity index (χ3n) is 4.11. The van der Waals surface area contributed by atoms with Crippen molar-refractivity contribution in [1.82, 2.24) is 0 Å². The standard InChI is InChI=1S/C22H22O9/c1-5-27-18-11-13(10-15-19(23)30-22(2,3)31-20(15)24)6-8-16(18)28-12-14-7-9-17(29-14)21(25)26-4/h6-11H,5,12H2,1-4H3. The molecule has 1 fully saturated rings. The summed E-state index contributed by atoms with van der Waals surface area (Å²) in [6.45, 7) is 5.17. The van der Waals surface area contributed by atoms with Gasteiger partial charge in [0.05, 0.1) is 13.7 Å². The van der Waals surface area contributed by atoms with Crippen molar-refractivity contribution >= 4 is 24.0 Å². The molecule has 9 heteroatoms. The number of hydrogen-bond donors (Lipinski definition) is 0. The highest BCUT2D eigenvalue weighted by atomic mass is 16.7. The van der Waals surface area contributed by atoms with Crippen LogP contribution in [0.5, 0.6) is 11.5 Å². The number of benzene rings is 1. The Labute approximate surface area is 178 Å². The topological polar surface area (TPSA) is 110 Å². The van der Waals surface area contributed by atoms with Crippen LogP contribution in [-0.4, -0.2) is 37.4 Å². The van der Waals surface area contributed by atoms with Crippen LogP contribution in [0.3, 0.4) is 0 Å². The molecule has 1 aliphatic heterocycles. The van der Waals surface area contributed by atoms with Crippen molar-refractivity contribution < 1.29 is 42.5 Å². The van der Waals surface area contributed by atoms with E-state index in [0.717, 1.165) is 0 Å². The van der Waals surface area contributed by atoms with Gasteiger partial charge in [0.1, 0.15) is 17.9 Å². The van der Waals surface area contributed by atoms with E-state index in [1.807, 2.05) is 6.92 Å². The van der Waals surface area contributed by atoms with Gasteiger partial charge in [0, 0.05) is 13.8 Å². The van der Waals surface area contributed by atoms with Crippen LogP contribution in [0, 0.1) is 0 Å². The summed E-state index contributed by atoms with van der Waals surface area (Å²) in [5.74, 6) is -2.12. The molecule has 0 amide bonds. The first-order valence-corrected chi connectivity index (χ1v) is 9.47. The van der Waals surface area contributed by atoms with Gasteiger partial charge in [0.2, 0.25) is 5.76 Å². The highest BCUT2D eigenvalue weighted by Gasteiger charge is 2.38. The summed E-state index contributed by atoms with van der Waals surface area (Å²) in [7, 11) is 1.26. The zero-order valence-corrected chi connectivity index (χ0v) is 17.6. The summed E-state index contributed by atoms with van der Waals surface area (Å²) in [5.41, 5.74) is 0.298. The van der Waals surface area contributed by atoms with E-state index in [1.54, 1.807) is 24.3 Å². The molecule has 0 spiro atoms. The summed E-state index contributed by atoms with van der Waals surface area (Å²) >= 11 is 0. The van der Waals surface area contributed by atoms with E-state index in [1.165, 1.54) is 33.1 Å². The Bertz CT molecular complexity index is 1010. The molecule has 3 rings (SSSR count). The van der Waals surface area contributed by atoms with Crippen LogP contribution in [0.2, 0.25) is 0 Å². The summed E-state index contributed by atoms with van der Waals surface area (Å²) in [6, 6.07) is 7.99. The fraction of sp³-hybridized carbons (Fsp3) is 0.318. The number of carbonyl (C=O) groups is 3. The van der Waals surface area contributed by atoms with Crippen LogP contribution >= 0.6 is 0 Å². The quantitative estimate of drug-likeness (QED) is 0.371. The monoisotopic (exact) mass is 430 g/mol. The van der Waals surface area contributed by atoms with Gasteiger partial charge in [-0.2, -0.15) is 0 Å². The summed E-state index contributed by atoms with van der Waals surface area (Å²) < 4.78 is 31.5. The molecule has 1 aromatic carbocycles. The minimum absolute atomic E-state index is 0.0469. The second-order valence-electron chi connectivity index (χ2n) is 6.92. The lowest BCUT2D eigenvalue weighted by Crippen LogP contribution is -2.41. The second kappa shape index (κ2) is 8.95. The molecule has 2 aromatic rings. The first kappa shape index (κ1) is 21.9. The SMILES string of the molecule is CCOc1cc(C=C2C(=O)OC(C)(C)OC2=O)ccc1OCc1ccc(C(=O)OC)o1. The summed E-state index contributed by atoms with van der Waals surface area (Å²) in [4.78, 5) is 35.8. The Morgan fingerprint density at radius 1 is 1.03 bits per heavy atom. The molecule has 0 atom stereocenters. The summed E-state index contributed by atoms with van der Waals surface area (Å²) in [6.07, 6.45) is 1.36. The molecule has 164 valence electrons. The Kier molecular flexibility index (Phi) is 6.33. The molecule has 2 heterocycles. The number of rotatable bonds is 7. The van der Waals surface area contributed by atoms with Crippen LogP contribution in [0.15, 0.2) is 40.3 Å². The van der Waals surface area contributed by atoms with Crippen molar-refractivity contribution in [2.75, 3.05) is 13.7 Å². The van der Waals surface area contributed by atoms with Crippen LogP contribution in [0.1, 0.15) is 42.6 Å². The van der Waals surface area contributed by atoms with Crippen LogP contribution < -0.4 is 9.47 Å². The van der Waals surface area contributed by atoms with E-state index in [0.29, 0.717) is 29.4 Å². The van der Waals surface area contributed by atoms with Crippen molar-refractivity contribution in [2.24, 2.45) is 0 Å². The lowest BCUT2D eigenvalue weighted by atomic mass is 10.1. The van der Waals surface area contributed by atoms with E-state index < -0.39 is 23.7 Å². The average Bonchev–Trinajstić information content (AvgIpc) is 3.18. The predicted molar refractivity (Wildman–Crippen MR) is 106 cm³/mol. The Morgan fingerprint density at radius 2 is 1.74 bits per heavy atom. The molecule has 0 aliphatic carbocycles. The summed E-state index contributed by atoms with van der Waals surface area (Å²) in [5, 5.41) is 0. The largest absolute Gasteiger partial charge is 0.490 e. The molecule has 0 bridgehead atoms. The van der Waals surface area contributed by atoms with Crippen molar-refractivity contribution in [1.29, 1.82) is 0 Å². The van der Waals surface area contributed by atoms with Crippen molar-refractivity contribution in [2.45, 2.75) is 33.2 Å². The number of hydrogen-bond acceptors (Lipinski definition) is 9. The Morgan fingerprint density at radius 3 is 2.39 bits per heavy atom.